The van der Waals surface area contributed by atoms with Crippen LogP contribution < -0.4 is 10.2 Å². The second-order valence-electron chi connectivity index (χ2n) is 3.30. The van der Waals surface area contributed by atoms with E-state index in [0.717, 1.165) is 25.9 Å². The van der Waals surface area contributed by atoms with E-state index in [1.807, 2.05) is 0 Å². The molecule has 2 rings (SSSR count). The molecule has 4 heteroatoms. The van der Waals surface area contributed by atoms with Gasteiger partial charge < -0.3 is 14.5 Å². The molecule has 14 heavy (non-hydrogen) atoms. The van der Waals surface area contributed by atoms with Crippen molar-refractivity contribution < 1.29 is 9.47 Å². The van der Waals surface area contributed by atoms with Crippen LogP contribution in [0.3, 0.4) is 0 Å². The van der Waals surface area contributed by atoms with Gasteiger partial charge in [0.25, 0.3) is 0 Å². The van der Waals surface area contributed by atoms with E-state index in [4.69, 9.17) is 9.47 Å². The van der Waals surface area contributed by atoms with E-state index in [0.29, 0.717) is 5.88 Å². The summed E-state index contributed by atoms with van der Waals surface area (Å²) in [5.41, 5.74) is -0.0606. The molecule has 1 unspecified atom stereocenters. The summed E-state index contributed by atoms with van der Waals surface area (Å²) in [6, 6.07) is 2.88. The van der Waals surface area contributed by atoms with Gasteiger partial charge in [-0.05, 0) is 12.8 Å². The van der Waals surface area contributed by atoms with E-state index in [-0.39, 0.29) is 11.7 Å². The maximum absolute atomic E-state index is 11.0. The van der Waals surface area contributed by atoms with Crippen LogP contribution in [0.5, 0.6) is 5.88 Å². The van der Waals surface area contributed by atoms with Gasteiger partial charge in [-0.25, -0.2) is 0 Å². The summed E-state index contributed by atoms with van der Waals surface area (Å²) in [5.74, 6) is 0.476. The Kier molecular flexibility index (Phi) is 2.84. The lowest BCUT2D eigenvalue weighted by atomic mass is 10.2. The van der Waals surface area contributed by atoms with Gasteiger partial charge in [0.05, 0.1) is 6.61 Å². The van der Waals surface area contributed by atoms with Crippen molar-refractivity contribution in [3.8, 4) is 5.88 Å². The fourth-order valence-electron chi connectivity index (χ4n) is 1.44. The SMILES string of the molecule is O=c1cc[nH]c(OC2CCCCO2)c1. The predicted octanol–water partition coefficient (Wildman–Crippen LogP) is 1.28. The van der Waals surface area contributed by atoms with Crippen LogP contribution in [0.15, 0.2) is 23.1 Å². The highest BCUT2D eigenvalue weighted by molar-refractivity contribution is 5.09. The monoisotopic (exact) mass is 195 g/mol. The van der Waals surface area contributed by atoms with Gasteiger partial charge in [0.2, 0.25) is 6.29 Å². The first-order valence-electron chi connectivity index (χ1n) is 4.81. The number of rotatable bonds is 2. The first kappa shape index (κ1) is 9.27. The van der Waals surface area contributed by atoms with Crippen LogP contribution in [0.4, 0.5) is 0 Å². The van der Waals surface area contributed by atoms with Gasteiger partial charge in [0.15, 0.2) is 11.3 Å². The third kappa shape index (κ3) is 2.35. The summed E-state index contributed by atoms with van der Waals surface area (Å²) in [6.45, 7) is 0.738. The van der Waals surface area contributed by atoms with E-state index in [2.05, 4.69) is 4.98 Å². The van der Waals surface area contributed by atoms with Crippen LogP contribution in [-0.4, -0.2) is 17.9 Å². The molecular weight excluding hydrogens is 182 g/mol. The molecule has 1 aliphatic rings. The molecule has 0 radical (unpaired) electrons. The van der Waals surface area contributed by atoms with Gasteiger partial charge in [-0.2, -0.15) is 0 Å². The molecule has 76 valence electrons. The molecule has 1 aromatic rings. The minimum absolute atomic E-state index is 0.0606. The lowest BCUT2D eigenvalue weighted by molar-refractivity contribution is -0.107. The fourth-order valence-corrected chi connectivity index (χ4v) is 1.44. The van der Waals surface area contributed by atoms with E-state index >= 15 is 0 Å². The quantitative estimate of drug-likeness (QED) is 0.773. The van der Waals surface area contributed by atoms with Crippen molar-refractivity contribution in [2.75, 3.05) is 6.61 Å². The van der Waals surface area contributed by atoms with Crippen LogP contribution in [0.25, 0.3) is 0 Å². The molecule has 4 nitrogen and oxygen atoms in total. The van der Waals surface area contributed by atoms with Gasteiger partial charge in [-0.3, -0.25) is 4.79 Å². The Morgan fingerprint density at radius 2 is 2.43 bits per heavy atom. The minimum Gasteiger partial charge on any atom is -0.450 e. The Bertz CT molecular complexity index is 341. The Labute approximate surface area is 81.9 Å². The van der Waals surface area contributed by atoms with Gasteiger partial charge >= 0.3 is 0 Å². The van der Waals surface area contributed by atoms with Crippen LogP contribution in [0.2, 0.25) is 0 Å². The Hall–Kier alpha value is -1.29. The third-order valence-corrected chi connectivity index (χ3v) is 2.14. The average Bonchev–Trinajstić information content (AvgIpc) is 2.19. The number of pyridine rings is 1. The first-order chi connectivity index (χ1) is 6.84. The van der Waals surface area contributed by atoms with Crippen molar-refractivity contribution in [3.05, 3.63) is 28.6 Å². The Balaban J connectivity index is 1.99. The van der Waals surface area contributed by atoms with Crippen LogP contribution in [-0.2, 0) is 4.74 Å². The topological polar surface area (TPSA) is 51.3 Å². The number of hydrogen-bond acceptors (Lipinski definition) is 3. The van der Waals surface area contributed by atoms with Crippen LogP contribution in [0.1, 0.15) is 19.3 Å². The summed E-state index contributed by atoms with van der Waals surface area (Å²) in [4.78, 5) is 13.8. The number of nitrogens with one attached hydrogen (secondary N) is 1. The van der Waals surface area contributed by atoms with Gasteiger partial charge in [0.1, 0.15) is 0 Å². The highest BCUT2D eigenvalue weighted by Crippen LogP contribution is 2.15. The summed E-state index contributed by atoms with van der Waals surface area (Å²) >= 11 is 0. The average molecular weight is 195 g/mol. The molecule has 1 atom stereocenters. The highest BCUT2D eigenvalue weighted by Gasteiger charge is 2.15. The van der Waals surface area contributed by atoms with Gasteiger partial charge in [-0.15, -0.1) is 0 Å². The second-order valence-corrected chi connectivity index (χ2v) is 3.30. The maximum atomic E-state index is 11.0. The second kappa shape index (κ2) is 4.28. The zero-order valence-corrected chi connectivity index (χ0v) is 7.86. The molecule has 0 amide bonds. The molecule has 1 aromatic heterocycles. The molecule has 1 aliphatic heterocycles. The number of H-pyrrole nitrogens is 1. The normalized spacial score (nSPS) is 21.9. The van der Waals surface area contributed by atoms with Crippen molar-refractivity contribution in [1.29, 1.82) is 0 Å². The minimum atomic E-state index is -0.207. The van der Waals surface area contributed by atoms with E-state index in [1.54, 1.807) is 6.20 Å². The summed E-state index contributed by atoms with van der Waals surface area (Å²) < 4.78 is 10.8. The Morgan fingerprint density at radius 3 is 3.14 bits per heavy atom. The van der Waals surface area contributed by atoms with Crippen molar-refractivity contribution in [2.24, 2.45) is 0 Å². The first-order valence-corrected chi connectivity index (χ1v) is 4.81. The van der Waals surface area contributed by atoms with Crippen molar-refractivity contribution in [1.82, 2.24) is 4.98 Å². The summed E-state index contributed by atoms with van der Waals surface area (Å²) in [5, 5.41) is 0. The van der Waals surface area contributed by atoms with E-state index in [9.17, 15) is 4.79 Å². The lowest BCUT2D eigenvalue weighted by Gasteiger charge is -2.22. The van der Waals surface area contributed by atoms with E-state index < -0.39 is 0 Å². The Morgan fingerprint density at radius 1 is 1.50 bits per heavy atom. The molecule has 1 fully saturated rings. The largest absolute Gasteiger partial charge is 0.450 e. The van der Waals surface area contributed by atoms with Crippen molar-refractivity contribution in [2.45, 2.75) is 25.6 Å². The number of hydrogen-bond donors (Lipinski definition) is 1. The molecule has 0 spiro atoms. The standard InChI is InChI=1S/C10H13NO3/c12-8-4-5-11-9(7-8)14-10-3-1-2-6-13-10/h4-5,7,10H,1-3,6H2,(H,11,12). The molecule has 0 saturated carbocycles. The number of aromatic amines is 1. The zero-order valence-electron chi connectivity index (χ0n) is 7.86. The molecule has 0 bridgehead atoms. The molecule has 1 N–H and O–H groups in total. The van der Waals surface area contributed by atoms with Crippen LogP contribution in [0, 0.1) is 0 Å². The predicted molar refractivity (Wildman–Crippen MR) is 51.3 cm³/mol. The van der Waals surface area contributed by atoms with Crippen LogP contribution >= 0.6 is 0 Å². The highest BCUT2D eigenvalue weighted by atomic mass is 16.7. The summed E-state index contributed by atoms with van der Waals surface area (Å²) in [6.07, 6.45) is 4.45. The maximum Gasteiger partial charge on any atom is 0.201 e. The lowest BCUT2D eigenvalue weighted by Crippen LogP contribution is -2.25. The van der Waals surface area contributed by atoms with Gasteiger partial charge in [-0.1, -0.05) is 0 Å². The van der Waals surface area contributed by atoms with Crippen molar-refractivity contribution in [3.63, 3.8) is 0 Å². The molecule has 0 aliphatic carbocycles. The summed E-state index contributed by atoms with van der Waals surface area (Å²) in [7, 11) is 0. The molecular formula is C10H13NO3. The number of ether oxygens (including phenoxy) is 2. The molecule has 1 saturated heterocycles. The smallest absolute Gasteiger partial charge is 0.201 e. The fraction of sp³-hybridized carbons (Fsp3) is 0.500. The molecule has 2 heterocycles. The number of aromatic nitrogens is 1. The van der Waals surface area contributed by atoms with E-state index in [1.165, 1.54) is 12.1 Å². The van der Waals surface area contributed by atoms with Gasteiger partial charge in [0, 0.05) is 24.8 Å². The third-order valence-electron chi connectivity index (χ3n) is 2.14. The zero-order chi connectivity index (χ0) is 9.80. The van der Waals surface area contributed by atoms with Crippen molar-refractivity contribution >= 4 is 0 Å². The molecule has 0 aromatic carbocycles.